The normalized spacial score (nSPS) is 14.8. The van der Waals surface area contributed by atoms with Crippen LogP contribution >= 0.6 is 0 Å². The highest BCUT2D eigenvalue weighted by molar-refractivity contribution is 6.18. The minimum absolute atomic E-state index is 0.0177. The molecule has 3 N–H and O–H groups in total. The summed E-state index contributed by atoms with van der Waals surface area (Å²) in [6.07, 6.45) is 8.21. The van der Waals surface area contributed by atoms with Gasteiger partial charge in [0.15, 0.2) is 0 Å². The Morgan fingerprint density at radius 1 is 1.22 bits per heavy atom. The van der Waals surface area contributed by atoms with Gasteiger partial charge in [0.1, 0.15) is 5.75 Å². The van der Waals surface area contributed by atoms with Gasteiger partial charge in [-0.05, 0) is 30.4 Å². The van der Waals surface area contributed by atoms with Crippen LogP contribution in [0.1, 0.15) is 31.2 Å². The Morgan fingerprint density at radius 2 is 2.00 bits per heavy atom. The van der Waals surface area contributed by atoms with E-state index in [0.717, 1.165) is 17.6 Å². The molecule has 0 saturated heterocycles. The van der Waals surface area contributed by atoms with Gasteiger partial charge in [-0.25, -0.2) is 0 Å². The van der Waals surface area contributed by atoms with E-state index in [9.17, 15) is 19.8 Å². The number of aromatic nitrogens is 2. The predicted molar refractivity (Wildman–Crippen MR) is 102 cm³/mol. The maximum Gasteiger partial charge on any atom is 0.307 e. The molecule has 1 aromatic carbocycles. The number of amides is 1. The third-order valence-electron chi connectivity index (χ3n) is 5.47. The fourth-order valence-electron chi connectivity index (χ4n) is 4.32. The molecule has 0 unspecified atom stereocenters. The van der Waals surface area contributed by atoms with Crippen LogP contribution in [0.15, 0.2) is 24.5 Å². The lowest BCUT2D eigenvalue weighted by atomic mass is 10.0. The summed E-state index contributed by atoms with van der Waals surface area (Å²) in [6, 6.07) is 3.61. The maximum atomic E-state index is 11.2. The molecule has 2 heterocycles. The fourth-order valence-corrected chi connectivity index (χ4v) is 4.32. The highest BCUT2D eigenvalue weighted by Gasteiger charge is 2.23. The van der Waals surface area contributed by atoms with Crippen LogP contribution in [0.3, 0.4) is 0 Å². The second kappa shape index (κ2) is 6.90. The molecule has 27 heavy (non-hydrogen) atoms. The summed E-state index contributed by atoms with van der Waals surface area (Å²) in [7, 11) is 0. The molecule has 7 heteroatoms. The molecule has 1 aliphatic rings. The molecule has 1 aliphatic carbocycles. The number of carbonyl (C=O) groups excluding carboxylic acids is 1. The van der Waals surface area contributed by atoms with E-state index in [-0.39, 0.29) is 12.2 Å². The van der Waals surface area contributed by atoms with Crippen LogP contribution in [-0.2, 0) is 22.6 Å². The molecular formula is C20H21N3O4. The van der Waals surface area contributed by atoms with E-state index in [0.29, 0.717) is 34.4 Å². The van der Waals surface area contributed by atoms with Crippen molar-refractivity contribution < 1.29 is 19.8 Å². The van der Waals surface area contributed by atoms with Crippen molar-refractivity contribution in [2.45, 2.75) is 38.6 Å². The third-order valence-corrected chi connectivity index (χ3v) is 5.47. The van der Waals surface area contributed by atoms with Gasteiger partial charge in [-0.3, -0.25) is 14.6 Å². The van der Waals surface area contributed by atoms with Crippen molar-refractivity contribution in [3.63, 3.8) is 0 Å². The van der Waals surface area contributed by atoms with Crippen molar-refractivity contribution >= 4 is 39.9 Å². The molecule has 0 bridgehead atoms. The Labute approximate surface area is 155 Å². The topological polar surface area (TPSA) is 104 Å². The molecule has 140 valence electrons. The average Bonchev–Trinajstić information content (AvgIpc) is 3.25. The van der Waals surface area contributed by atoms with Crippen LogP contribution in [0.4, 0.5) is 5.69 Å². The lowest BCUT2D eigenvalue weighted by Crippen LogP contribution is -2.08. The van der Waals surface area contributed by atoms with Crippen LogP contribution in [0.2, 0.25) is 0 Å². The van der Waals surface area contributed by atoms with Crippen molar-refractivity contribution in [2.75, 3.05) is 5.32 Å². The van der Waals surface area contributed by atoms with Gasteiger partial charge in [-0.2, -0.15) is 0 Å². The lowest BCUT2D eigenvalue weighted by molar-refractivity contribution is -0.136. The van der Waals surface area contributed by atoms with E-state index in [1.165, 1.54) is 31.9 Å². The summed E-state index contributed by atoms with van der Waals surface area (Å²) < 4.78 is 2.13. The number of fused-ring (bicyclic) bond motifs is 3. The Hall–Kier alpha value is -3.09. The van der Waals surface area contributed by atoms with Gasteiger partial charge in [0.05, 0.1) is 40.9 Å². The van der Waals surface area contributed by atoms with E-state index in [1.807, 2.05) is 6.07 Å². The number of pyridine rings is 1. The molecule has 1 fully saturated rings. The minimum Gasteiger partial charge on any atom is -0.506 e. The molecular weight excluding hydrogens is 346 g/mol. The molecule has 0 spiro atoms. The summed E-state index contributed by atoms with van der Waals surface area (Å²) >= 11 is 0. The van der Waals surface area contributed by atoms with Crippen molar-refractivity contribution in [2.24, 2.45) is 5.92 Å². The second-order valence-corrected chi connectivity index (χ2v) is 7.14. The maximum absolute atomic E-state index is 11.2. The van der Waals surface area contributed by atoms with Crippen molar-refractivity contribution in [3.05, 3.63) is 30.1 Å². The quantitative estimate of drug-likeness (QED) is 0.580. The van der Waals surface area contributed by atoms with Crippen LogP contribution in [0.25, 0.3) is 21.8 Å². The number of anilines is 1. The molecule has 0 radical (unpaired) electrons. The number of hydrogen-bond acceptors (Lipinski definition) is 4. The number of nitrogens with zero attached hydrogens (tertiary/aromatic N) is 2. The number of carbonyl (C=O) groups is 2. The number of carboxylic acids is 1. The summed E-state index contributed by atoms with van der Waals surface area (Å²) in [4.78, 5) is 26.6. The first-order chi connectivity index (χ1) is 13.1. The highest BCUT2D eigenvalue weighted by Crippen LogP contribution is 2.41. The van der Waals surface area contributed by atoms with E-state index < -0.39 is 5.97 Å². The molecule has 0 aliphatic heterocycles. The molecule has 1 saturated carbocycles. The van der Waals surface area contributed by atoms with Gasteiger partial charge >= 0.3 is 5.97 Å². The first-order valence-corrected chi connectivity index (χ1v) is 9.13. The number of nitrogens with one attached hydrogen (secondary N) is 1. The number of hydrogen-bond donors (Lipinski definition) is 3. The standard InChI is InChI=1S/C20H21N3O4/c24-11-22-20-13(7-17(26)27)5-6-14-19(20)18-15(8-21-9-16(18)25)23(14)10-12-3-1-2-4-12/h5-6,8-9,11-12,25H,1-4,7,10H2,(H,22,24)(H,26,27). The fraction of sp³-hybridized carbons (Fsp3) is 0.350. The third kappa shape index (κ3) is 2.99. The highest BCUT2D eigenvalue weighted by atomic mass is 16.4. The summed E-state index contributed by atoms with van der Waals surface area (Å²) in [6.45, 7) is 0.809. The van der Waals surface area contributed by atoms with Gasteiger partial charge in [0, 0.05) is 11.9 Å². The number of carboxylic acid groups (broad SMARTS) is 1. The summed E-state index contributed by atoms with van der Waals surface area (Å²) in [5.74, 6) is -0.402. The van der Waals surface area contributed by atoms with Crippen molar-refractivity contribution in [1.29, 1.82) is 0 Å². The molecule has 1 amide bonds. The average molecular weight is 367 g/mol. The summed E-state index contributed by atoms with van der Waals surface area (Å²) in [5.41, 5.74) is 2.58. The first kappa shape index (κ1) is 17.3. The number of benzene rings is 1. The first-order valence-electron chi connectivity index (χ1n) is 9.13. The Kier molecular flexibility index (Phi) is 4.43. The zero-order chi connectivity index (χ0) is 19.0. The zero-order valence-electron chi connectivity index (χ0n) is 14.8. The zero-order valence-corrected chi connectivity index (χ0v) is 14.8. The van der Waals surface area contributed by atoms with E-state index in [4.69, 9.17) is 0 Å². The van der Waals surface area contributed by atoms with Crippen LogP contribution in [0.5, 0.6) is 5.75 Å². The predicted octanol–water partition coefficient (Wildman–Crippen LogP) is 3.28. The minimum atomic E-state index is -0.983. The van der Waals surface area contributed by atoms with E-state index >= 15 is 0 Å². The van der Waals surface area contributed by atoms with Gasteiger partial charge < -0.3 is 20.1 Å². The smallest absolute Gasteiger partial charge is 0.307 e. The van der Waals surface area contributed by atoms with Crippen molar-refractivity contribution in [3.8, 4) is 5.75 Å². The van der Waals surface area contributed by atoms with Gasteiger partial charge in [0.25, 0.3) is 0 Å². The van der Waals surface area contributed by atoms with E-state index in [1.54, 1.807) is 12.3 Å². The van der Waals surface area contributed by atoms with Crippen LogP contribution in [-0.4, -0.2) is 32.1 Å². The lowest BCUT2D eigenvalue weighted by Gasteiger charge is -2.14. The van der Waals surface area contributed by atoms with Gasteiger partial charge in [-0.1, -0.05) is 18.9 Å². The number of aromatic hydroxyl groups is 1. The summed E-state index contributed by atoms with van der Waals surface area (Å²) in [5, 5.41) is 23.6. The van der Waals surface area contributed by atoms with Gasteiger partial charge in [-0.15, -0.1) is 0 Å². The molecule has 0 atom stereocenters. The Balaban J connectivity index is 2.02. The molecule has 4 rings (SSSR count). The Bertz CT molecular complexity index is 1030. The Morgan fingerprint density at radius 3 is 2.70 bits per heavy atom. The van der Waals surface area contributed by atoms with E-state index in [2.05, 4.69) is 14.9 Å². The van der Waals surface area contributed by atoms with Gasteiger partial charge in [0.2, 0.25) is 6.41 Å². The number of aliphatic carboxylic acids is 1. The van der Waals surface area contributed by atoms with Crippen LogP contribution < -0.4 is 5.32 Å². The second-order valence-electron chi connectivity index (χ2n) is 7.14. The largest absolute Gasteiger partial charge is 0.506 e. The van der Waals surface area contributed by atoms with Crippen LogP contribution in [0, 0.1) is 5.92 Å². The monoisotopic (exact) mass is 367 g/mol. The molecule has 7 nitrogen and oxygen atoms in total. The molecule has 3 aromatic rings. The van der Waals surface area contributed by atoms with Crippen molar-refractivity contribution in [1.82, 2.24) is 9.55 Å². The number of rotatable bonds is 6. The molecule has 2 aromatic heterocycles. The SMILES string of the molecule is O=CNc1c(CC(=O)O)ccc2c1c1c(O)cncc1n2CC1CCCC1.